The number of nitrogens with zero attached hydrogens (tertiary/aromatic N) is 1. The maximum Gasteiger partial charge on any atom is 0.222 e. The molecule has 134 valence electrons. The zero-order valence-electron chi connectivity index (χ0n) is 14.8. The number of ether oxygens (including phenoxy) is 1. The van der Waals surface area contributed by atoms with Gasteiger partial charge in [-0.05, 0) is 43.0 Å². The molecule has 0 fully saturated rings. The molecule has 2 rings (SSSR count). The Kier molecular flexibility index (Phi) is 8.50. The maximum absolute atomic E-state index is 12.4. The van der Waals surface area contributed by atoms with E-state index >= 15 is 0 Å². The summed E-state index contributed by atoms with van der Waals surface area (Å²) >= 11 is 6.01. The van der Waals surface area contributed by atoms with Gasteiger partial charge in [0.15, 0.2) is 0 Å². The fraction of sp³-hybridized carbons (Fsp3) is 0.381. The quantitative estimate of drug-likeness (QED) is 0.574. The lowest BCUT2D eigenvalue weighted by Gasteiger charge is -2.21. The van der Waals surface area contributed by atoms with Crippen LogP contribution < -0.4 is 0 Å². The highest BCUT2D eigenvalue weighted by Crippen LogP contribution is 2.13. The molecular formula is C21H26ClNO2. The van der Waals surface area contributed by atoms with E-state index in [0.29, 0.717) is 37.7 Å². The van der Waals surface area contributed by atoms with Crippen LogP contribution in [-0.4, -0.2) is 30.6 Å². The van der Waals surface area contributed by atoms with E-state index < -0.39 is 0 Å². The molecule has 0 aliphatic heterocycles. The number of amides is 1. The van der Waals surface area contributed by atoms with Gasteiger partial charge in [0.05, 0.1) is 6.61 Å². The molecule has 2 aromatic carbocycles. The van der Waals surface area contributed by atoms with Gasteiger partial charge in [0.2, 0.25) is 5.91 Å². The van der Waals surface area contributed by atoms with Gasteiger partial charge in [0.1, 0.15) is 0 Å². The Labute approximate surface area is 155 Å². The van der Waals surface area contributed by atoms with E-state index in [1.54, 1.807) is 0 Å². The minimum Gasteiger partial charge on any atom is -0.381 e. The summed E-state index contributed by atoms with van der Waals surface area (Å²) in [4.78, 5) is 14.2. The minimum atomic E-state index is 0.161. The van der Waals surface area contributed by atoms with E-state index in [1.165, 1.54) is 5.56 Å². The van der Waals surface area contributed by atoms with Crippen LogP contribution >= 0.6 is 11.6 Å². The Morgan fingerprint density at radius 1 is 1.04 bits per heavy atom. The summed E-state index contributed by atoms with van der Waals surface area (Å²) in [5.41, 5.74) is 2.33. The first-order valence-electron chi connectivity index (χ1n) is 8.83. The standard InChI is InChI=1S/C21H26ClNO2/c1-2-23(17-19-10-6-11-20(22)16-19)21(24)12-7-14-25-15-13-18-8-4-3-5-9-18/h3-6,8-11,16H,2,7,12-15,17H2,1H3. The second-order valence-electron chi connectivity index (χ2n) is 5.99. The molecule has 0 bridgehead atoms. The number of hydrogen-bond acceptors (Lipinski definition) is 2. The van der Waals surface area contributed by atoms with Crippen LogP contribution in [0.25, 0.3) is 0 Å². The molecule has 0 aromatic heterocycles. The number of carbonyl (C=O) groups excluding carboxylic acids is 1. The molecule has 0 radical (unpaired) electrons. The van der Waals surface area contributed by atoms with Crippen LogP contribution in [0.4, 0.5) is 0 Å². The molecule has 0 saturated heterocycles. The molecule has 0 aliphatic rings. The summed E-state index contributed by atoms with van der Waals surface area (Å²) < 4.78 is 5.65. The Morgan fingerprint density at radius 2 is 1.80 bits per heavy atom. The van der Waals surface area contributed by atoms with Crippen LogP contribution in [0, 0.1) is 0 Å². The van der Waals surface area contributed by atoms with Crippen LogP contribution in [0.5, 0.6) is 0 Å². The van der Waals surface area contributed by atoms with Gasteiger partial charge < -0.3 is 9.64 Å². The zero-order chi connectivity index (χ0) is 17.9. The molecule has 0 N–H and O–H groups in total. The van der Waals surface area contributed by atoms with Gasteiger partial charge >= 0.3 is 0 Å². The van der Waals surface area contributed by atoms with Crippen molar-refractivity contribution in [2.24, 2.45) is 0 Å². The van der Waals surface area contributed by atoms with Gasteiger partial charge in [0.25, 0.3) is 0 Å². The molecular weight excluding hydrogens is 334 g/mol. The Balaban J connectivity index is 1.64. The predicted octanol–water partition coefficient (Wildman–Crippen LogP) is 4.73. The first kappa shape index (κ1) is 19.5. The van der Waals surface area contributed by atoms with Crippen LogP contribution in [0.2, 0.25) is 5.02 Å². The monoisotopic (exact) mass is 359 g/mol. The summed E-state index contributed by atoms with van der Waals surface area (Å²) in [5.74, 6) is 0.161. The lowest BCUT2D eigenvalue weighted by Crippen LogP contribution is -2.30. The van der Waals surface area contributed by atoms with E-state index in [2.05, 4.69) is 12.1 Å². The van der Waals surface area contributed by atoms with Crippen molar-refractivity contribution in [1.29, 1.82) is 0 Å². The molecule has 0 spiro atoms. The van der Waals surface area contributed by atoms with E-state index in [9.17, 15) is 4.79 Å². The second kappa shape index (κ2) is 10.9. The molecule has 3 nitrogen and oxygen atoms in total. The van der Waals surface area contributed by atoms with Gasteiger partial charge in [-0.15, -0.1) is 0 Å². The van der Waals surface area contributed by atoms with Crippen molar-refractivity contribution in [2.45, 2.75) is 32.7 Å². The summed E-state index contributed by atoms with van der Waals surface area (Å²) in [5, 5.41) is 0.702. The fourth-order valence-corrected chi connectivity index (χ4v) is 2.87. The molecule has 25 heavy (non-hydrogen) atoms. The highest BCUT2D eigenvalue weighted by molar-refractivity contribution is 6.30. The number of hydrogen-bond donors (Lipinski definition) is 0. The predicted molar refractivity (Wildman–Crippen MR) is 103 cm³/mol. The van der Waals surface area contributed by atoms with Crippen molar-refractivity contribution < 1.29 is 9.53 Å². The average molecular weight is 360 g/mol. The lowest BCUT2D eigenvalue weighted by molar-refractivity contribution is -0.132. The Hall–Kier alpha value is -1.84. The van der Waals surface area contributed by atoms with E-state index in [1.807, 2.05) is 54.3 Å². The minimum absolute atomic E-state index is 0.161. The third-order valence-electron chi connectivity index (χ3n) is 4.05. The molecule has 0 atom stereocenters. The molecule has 0 aliphatic carbocycles. The Morgan fingerprint density at radius 3 is 2.52 bits per heavy atom. The topological polar surface area (TPSA) is 29.5 Å². The van der Waals surface area contributed by atoms with Crippen molar-refractivity contribution in [3.05, 3.63) is 70.7 Å². The highest BCUT2D eigenvalue weighted by Gasteiger charge is 2.12. The molecule has 0 unspecified atom stereocenters. The van der Waals surface area contributed by atoms with Gasteiger partial charge in [-0.2, -0.15) is 0 Å². The molecule has 1 amide bonds. The summed E-state index contributed by atoms with van der Waals surface area (Å²) in [6.07, 6.45) is 2.17. The molecule has 4 heteroatoms. The number of benzene rings is 2. The first-order chi connectivity index (χ1) is 12.2. The van der Waals surface area contributed by atoms with Crippen molar-refractivity contribution >= 4 is 17.5 Å². The van der Waals surface area contributed by atoms with Crippen molar-refractivity contribution in [1.82, 2.24) is 4.90 Å². The second-order valence-corrected chi connectivity index (χ2v) is 6.43. The molecule has 2 aromatic rings. The number of halogens is 1. The zero-order valence-corrected chi connectivity index (χ0v) is 15.5. The van der Waals surface area contributed by atoms with Crippen LogP contribution in [0.3, 0.4) is 0 Å². The number of rotatable bonds is 10. The fourth-order valence-electron chi connectivity index (χ4n) is 2.65. The van der Waals surface area contributed by atoms with Crippen LogP contribution in [0.15, 0.2) is 54.6 Å². The number of carbonyl (C=O) groups is 1. The van der Waals surface area contributed by atoms with E-state index in [-0.39, 0.29) is 5.91 Å². The lowest BCUT2D eigenvalue weighted by atomic mass is 10.2. The van der Waals surface area contributed by atoms with Gasteiger partial charge in [0, 0.05) is 31.1 Å². The molecule has 0 saturated carbocycles. The van der Waals surface area contributed by atoms with Crippen LogP contribution in [-0.2, 0) is 22.5 Å². The SMILES string of the molecule is CCN(Cc1cccc(Cl)c1)C(=O)CCCOCCc1ccccc1. The first-order valence-corrected chi connectivity index (χ1v) is 9.20. The Bertz CT molecular complexity index is 645. The third kappa shape index (κ3) is 7.29. The third-order valence-corrected chi connectivity index (χ3v) is 4.29. The van der Waals surface area contributed by atoms with E-state index in [4.69, 9.17) is 16.3 Å². The highest BCUT2D eigenvalue weighted by atomic mass is 35.5. The summed E-state index contributed by atoms with van der Waals surface area (Å²) in [7, 11) is 0. The summed E-state index contributed by atoms with van der Waals surface area (Å²) in [6.45, 7) is 4.61. The van der Waals surface area contributed by atoms with Gasteiger partial charge in [-0.25, -0.2) is 0 Å². The largest absolute Gasteiger partial charge is 0.381 e. The van der Waals surface area contributed by atoms with Gasteiger partial charge in [-0.3, -0.25) is 4.79 Å². The smallest absolute Gasteiger partial charge is 0.222 e. The molecule has 0 heterocycles. The normalized spacial score (nSPS) is 10.6. The maximum atomic E-state index is 12.4. The van der Waals surface area contributed by atoms with Gasteiger partial charge in [-0.1, -0.05) is 54.1 Å². The van der Waals surface area contributed by atoms with Crippen LogP contribution in [0.1, 0.15) is 30.9 Å². The van der Waals surface area contributed by atoms with Crippen molar-refractivity contribution in [2.75, 3.05) is 19.8 Å². The van der Waals surface area contributed by atoms with Crippen molar-refractivity contribution in [3.8, 4) is 0 Å². The summed E-state index contributed by atoms with van der Waals surface area (Å²) in [6, 6.07) is 17.9. The average Bonchev–Trinajstić information content (AvgIpc) is 2.63. The van der Waals surface area contributed by atoms with E-state index in [0.717, 1.165) is 18.4 Å². The van der Waals surface area contributed by atoms with Crippen molar-refractivity contribution in [3.63, 3.8) is 0 Å².